The fourth-order valence-corrected chi connectivity index (χ4v) is 4.06. The maximum Gasteiger partial charge on any atom is 0.300 e. The lowest BCUT2D eigenvalue weighted by atomic mass is 10.0. The smallest absolute Gasteiger partial charge is 0.300 e. The summed E-state index contributed by atoms with van der Waals surface area (Å²) in [5, 5.41) is 0. The van der Waals surface area contributed by atoms with Crippen molar-refractivity contribution in [3.63, 3.8) is 0 Å². The molecule has 0 radical (unpaired) electrons. The quantitative estimate of drug-likeness (QED) is 0.759. The van der Waals surface area contributed by atoms with Crippen LogP contribution in [0.3, 0.4) is 0 Å². The molecule has 0 aromatic heterocycles. The molecule has 0 bridgehead atoms. The monoisotopic (exact) mass is 364 g/mol. The zero-order valence-electron chi connectivity index (χ0n) is 15.8. The third kappa shape index (κ3) is 3.23. The second-order valence-corrected chi connectivity index (χ2v) is 7.20. The van der Waals surface area contributed by atoms with Gasteiger partial charge in [-0.1, -0.05) is 23.8 Å². The Morgan fingerprint density at radius 2 is 1.89 bits per heavy atom. The van der Waals surface area contributed by atoms with Crippen molar-refractivity contribution in [1.82, 2.24) is 4.90 Å². The average molecular weight is 364 g/mol. The summed E-state index contributed by atoms with van der Waals surface area (Å²) in [7, 11) is 0. The molecular formula is C22H24N2O3. The van der Waals surface area contributed by atoms with Crippen LogP contribution in [0.1, 0.15) is 47.3 Å². The fourth-order valence-electron chi connectivity index (χ4n) is 4.06. The van der Waals surface area contributed by atoms with E-state index in [1.165, 1.54) is 5.56 Å². The molecule has 1 atom stereocenters. The number of rotatable bonds is 5. The van der Waals surface area contributed by atoms with E-state index in [0.717, 1.165) is 36.4 Å². The van der Waals surface area contributed by atoms with Gasteiger partial charge in [0.2, 0.25) is 0 Å². The number of ketones is 1. The van der Waals surface area contributed by atoms with E-state index in [1.54, 1.807) is 4.90 Å². The maximum absolute atomic E-state index is 12.6. The fraction of sp³-hybridized carbons (Fsp3) is 0.364. The van der Waals surface area contributed by atoms with Gasteiger partial charge in [-0.15, -0.1) is 0 Å². The SMILES string of the molecule is CCOc1ccc([C@H]2CCCN2CN2C(=O)C(=O)c3cc(C)ccc32)cc1. The van der Waals surface area contributed by atoms with Crippen LogP contribution in [-0.4, -0.2) is 36.4 Å². The molecule has 1 saturated heterocycles. The van der Waals surface area contributed by atoms with Gasteiger partial charge in [0.05, 0.1) is 24.5 Å². The van der Waals surface area contributed by atoms with E-state index in [0.29, 0.717) is 18.8 Å². The van der Waals surface area contributed by atoms with Crippen molar-refractivity contribution in [1.29, 1.82) is 0 Å². The van der Waals surface area contributed by atoms with Crippen molar-refractivity contribution < 1.29 is 14.3 Å². The molecule has 1 fully saturated rings. The van der Waals surface area contributed by atoms with Crippen LogP contribution in [0.4, 0.5) is 5.69 Å². The van der Waals surface area contributed by atoms with E-state index in [1.807, 2.05) is 44.2 Å². The number of carbonyl (C=O) groups excluding carboxylic acids is 2. The van der Waals surface area contributed by atoms with Crippen LogP contribution >= 0.6 is 0 Å². The van der Waals surface area contributed by atoms with Gasteiger partial charge >= 0.3 is 5.91 Å². The van der Waals surface area contributed by atoms with E-state index in [2.05, 4.69) is 17.0 Å². The Morgan fingerprint density at radius 3 is 2.63 bits per heavy atom. The number of ether oxygens (including phenoxy) is 1. The van der Waals surface area contributed by atoms with Crippen molar-refractivity contribution in [3.05, 3.63) is 59.2 Å². The highest BCUT2D eigenvalue weighted by Gasteiger charge is 2.38. The van der Waals surface area contributed by atoms with E-state index >= 15 is 0 Å². The summed E-state index contributed by atoms with van der Waals surface area (Å²) in [5.41, 5.74) is 3.47. The first kappa shape index (κ1) is 17.7. The number of likely N-dealkylation sites (tertiary alicyclic amines) is 1. The number of benzene rings is 2. The van der Waals surface area contributed by atoms with Gasteiger partial charge in [-0.25, -0.2) is 0 Å². The van der Waals surface area contributed by atoms with Gasteiger partial charge in [0, 0.05) is 12.6 Å². The van der Waals surface area contributed by atoms with Crippen LogP contribution in [0, 0.1) is 6.92 Å². The predicted molar refractivity (Wildman–Crippen MR) is 104 cm³/mol. The van der Waals surface area contributed by atoms with Crippen LogP contribution in [0.5, 0.6) is 5.75 Å². The highest BCUT2D eigenvalue weighted by molar-refractivity contribution is 6.52. The number of carbonyl (C=O) groups is 2. The molecule has 27 heavy (non-hydrogen) atoms. The van der Waals surface area contributed by atoms with Gasteiger partial charge in [0.25, 0.3) is 5.78 Å². The highest BCUT2D eigenvalue weighted by atomic mass is 16.5. The minimum Gasteiger partial charge on any atom is -0.494 e. The molecule has 2 aromatic rings. The summed E-state index contributed by atoms with van der Waals surface area (Å²) < 4.78 is 5.53. The largest absolute Gasteiger partial charge is 0.494 e. The molecule has 4 rings (SSSR count). The Morgan fingerprint density at radius 1 is 1.11 bits per heavy atom. The highest BCUT2D eigenvalue weighted by Crippen LogP contribution is 2.36. The normalized spacial score (nSPS) is 19.6. The van der Waals surface area contributed by atoms with Gasteiger partial charge in [-0.05, 0) is 56.5 Å². The molecular weight excluding hydrogens is 340 g/mol. The van der Waals surface area contributed by atoms with Crippen molar-refractivity contribution in [2.45, 2.75) is 32.7 Å². The molecule has 0 aliphatic carbocycles. The lowest BCUT2D eigenvalue weighted by molar-refractivity contribution is -0.114. The van der Waals surface area contributed by atoms with Gasteiger partial charge in [0.15, 0.2) is 0 Å². The third-order valence-electron chi connectivity index (χ3n) is 5.39. The van der Waals surface area contributed by atoms with Crippen LogP contribution < -0.4 is 9.64 Å². The second-order valence-electron chi connectivity index (χ2n) is 7.20. The van der Waals surface area contributed by atoms with Gasteiger partial charge in [-0.3, -0.25) is 19.4 Å². The molecule has 5 nitrogen and oxygen atoms in total. The Balaban J connectivity index is 1.55. The van der Waals surface area contributed by atoms with Crippen LogP contribution in [0.2, 0.25) is 0 Å². The number of aryl methyl sites for hydroxylation is 1. The van der Waals surface area contributed by atoms with Crippen LogP contribution in [-0.2, 0) is 4.79 Å². The maximum atomic E-state index is 12.6. The van der Waals surface area contributed by atoms with Crippen LogP contribution in [0.15, 0.2) is 42.5 Å². The van der Waals surface area contributed by atoms with E-state index < -0.39 is 11.7 Å². The lowest BCUT2D eigenvalue weighted by Crippen LogP contribution is -2.40. The van der Waals surface area contributed by atoms with Gasteiger partial charge in [0.1, 0.15) is 5.75 Å². The number of anilines is 1. The van der Waals surface area contributed by atoms with Crippen molar-refractivity contribution in [2.75, 3.05) is 24.7 Å². The summed E-state index contributed by atoms with van der Waals surface area (Å²) in [6, 6.07) is 14.1. The van der Waals surface area contributed by atoms with Crippen molar-refractivity contribution in [3.8, 4) is 5.75 Å². The molecule has 0 spiro atoms. The Labute approximate surface area is 159 Å². The lowest BCUT2D eigenvalue weighted by Gasteiger charge is -2.29. The number of nitrogens with zero attached hydrogens (tertiary/aromatic N) is 2. The second kappa shape index (κ2) is 7.16. The first-order valence-corrected chi connectivity index (χ1v) is 9.52. The Hall–Kier alpha value is -2.66. The average Bonchev–Trinajstić information content (AvgIpc) is 3.22. The van der Waals surface area contributed by atoms with Gasteiger partial charge < -0.3 is 4.74 Å². The first-order valence-electron chi connectivity index (χ1n) is 9.52. The first-order chi connectivity index (χ1) is 13.1. The molecule has 2 heterocycles. The van der Waals surface area contributed by atoms with E-state index in [-0.39, 0.29) is 6.04 Å². The predicted octanol–water partition coefficient (Wildman–Crippen LogP) is 3.72. The molecule has 5 heteroatoms. The minimum absolute atomic E-state index is 0.248. The summed E-state index contributed by atoms with van der Waals surface area (Å²) in [6.45, 7) is 5.91. The molecule has 2 aliphatic heterocycles. The molecule has 2 aromatic carbocycles. The van der Waals surface area contributed by atoms with Crippen LogP contribution in [0.25, 0.3) is 0 Å². The number of hydrogen-bond donors (Lipinski definition) is 0. The molecule has 0 unspecified atom stereocenters. The molecule has 140 valence electrons. The molecule has 0 saturated carbocycles. The molecule has 1 amide bonds. The van der Waals surface area contributed by atoms with E-state index in [9.17, 15) is 9.59 Å². The molecule has 0 N–H and O–H groups in total. The van der Waals surface area contributed by atoms with Gasteiger partial charge in [-0.2, -0.15) is 0 Å². The van der Waals surface area contributed by atoms with Crippen molar-refractivity contribution >= 4 is 17.4 Å². The number of amides is 1. The van der Waals surface area contributed by atoms with E-state index in [4.69, 9.17) is 4.74 Å². The number of hydrogen-bond acceptors (Lipinski definition) is 4. The third-order valence-corrected chi connectivity index (χ3v) is 5.39. The summed E-state index contributed by atoms with van der Waals surface area (Å²) in [6.07, 6.45) is 2.12. The standard InChI is InChI=1S/C22H24N2O3/c1-3-27-17-9-7-16(8-10-17)19-5-4-12-23(19)14-24-20-11-6-15(2)13-18(20)21(25)22(24)26/h6-11,13,19H,3-5,12,14H2,1-2H3/t19-/m1/s1. The summed E-state index contributed by atoms with van der Waals surface area (Å²) >= 11 is 0. The van der Waals surface area contributed by atoms with Crippen molar-refractivity contribution in [2.24, 2.45) is 0 Å². The topological polar surface area (TPSA) is 49.9 Å². The number of Topliss-reactive ketones (excluding diaryl/α,β-unsaturated/α-hetero) is 1. The minimum atomic E-state index is -0.423. The zero-order chi connectivity index (χ0) is 19.0. The number of fused-ring (bicyclic) bond motifs is 1. The summed E-state index contributed by atoms with van der Waals surface area (Å²) in [5.74, 6) is 0.0499. The zero-order valence-corrected chi connectivity index (χ0v) is 15.8. The molecule has 2 aliphatic rings. The summed E-state index contributed by atoms with van der Waals surface area (Å²) in [4.78, 5) is 28.8. The Kier molecular flexibility index (Phi) is 4.70. The Bertz CT molecular complexity index is 876.